The van der Waals surface area contributed by atoms with Crippen LogP contribution < -0.4 is 5.32 Å². The molecule has 2 saturated heterocycles. The van der Waals surface area contributed by atoms with Gasteiger partial charge in [0.05, 0.1) is 0 Å². The summed E-state index contributed by atoms with van der Waals surface area (Å²) in [6.07, 6.45) is 0.912. The van der Waals surface area contributed by atoms with Gasteiger partial charge in [-0.15, -0.1) is 12.4 Å². The second-order valence-corrected chi connectivity index (χ2v) is 5.60. The first kappa shape index (κ1) is 14.8. The van der Waals surface area contributed by atoms with E-state index in [1.54, 1.807) is 6.07 Å². The van der Waals surface area contributed by atoms with E-state index in [4.69, 9.17) is 0 Å². The molecular formula is C15H22ClFN2. The Labute approximate surface area is 120 Å². The first-order valence-corrected chi connectivity index (χ1v) is 6.97. The molecule has 0 bridgehead atoms. The Hall–Kier alpha value is -0.640. The highest BCUT2D eigenvalue weighted by Gasteiger charge is 2.36. The maximum atomic E-state index is 13.9. The van der Waals surface area contributed by atoms with Gasteiger partial charge in [0, 0.05) is 25.2 Å². The van der Waals surface area contributed by atoms with Crippen molar-refractivity contribution in [1.82, 2.24) is 10.2 Å². The quantitative estimate of drug-likeness (QED) is 0.917. The molecule has 106 valence electrons. The minimum Gasteiger partial charge on any atom is -0.316 e. The van der Waals surface area contributed by atoms with Gasteiger partial charge in [0.1, 0.15) is 5.82 Å². The van der Waals surface area contributed by atoms with Crippen LogP contribution in [0.4, 0.5) is 4.39 Å². The van der Waals surface area contributed by atoms with E-state index >= 15 is 0 Å². The Morgan fingerprint density at radius 3 is 2.58 bits per heavy atom. The molecule has 0 aromatic heterocycles. The van der Waals surface area contributed by atoms with Crippen LogP contribution in [0.25, 0.3) is 0 Å². The standard InChI is InChI=1S/C15H21FN2.ClH/c1-2-11-4-3-5-15(16)14(11)10-18-8-12-6-17-7-13(12)9-18;/h3-5,12-13,17H,2,6-10H2,1H3;1H/t12-,13+;. The molecule has 1 N–H and O–H groups in total. The highest BCUT2D eigenvalue weighted by Crippen LogP contribution is 2.28. The highest BCUT2D eigenvalue weighted by molar-refractivity contribution is 5.85. The van der Waals surface area contributed by atoms with Crippen LogP contribution in [0.5, 0.6) is 0 Å². The zero-order valence-electron chi connectivity index (χ0n) is 11.4. The molecule has 2 aliphatic heterocycles. The summed E-state index contributed by atoms with van der Waals surface area (Å²) in [5.74, 6) is 1.52. The third-order valence-electron chi connectivity index (χ3n) is 4.44. The van der Waals surface area contributed by atoms with Gasteiger partial charge in [0.15, 0.2) is 0 Å². The van der Waals surface area contributed by atoms with Gasteiger partial charge in [0.2, 0.25) is 0 Å². The van der Waals surface area contributed by atoms with Crippen molar-refractivity contribution in [2.75, 3.05) is 26.2 Å². The van der Waals surface area contributed by atoms with E-state index in [-0.39, 0.29) is 18.2 Å². The number of nitrogens with zero attached hydrogens (tertiary/aromatic N) is 1. The number of aryl methyl sites for hydroxylation is 1. The molecular weight excluding hydrogens is 263 g/mol. The van der Waals surface area contributed by atoms with Crippen molar-refractivity contribution in [3.8, 4) is 0 Å². The lowest BCUT2D eigenvalue weighted by Gasteiger charge is -2.19. The summed E-state index contributed by atoms with van der Waals surface area (Å²) < 4.78 is 13.9. The minimum atomic E-state index is -0.0375. The zero-order chi connectivity index (χ0) is 12.5. The number of nitrogens with one attached hydrogen (secondary N) is 1. The smallest absolute Gasteiger partial charge is 0.127 e. The average molecular weight is 285 g/mol. The Kier molecular flexibility index (Phi) is 4.82. The minimum absolute atomic E-state index is 0. The fourth-order valence-electron chi connectivity index (χ4n) is 3.42. The van der Waals surface area contributed by atoms with Gasteiger partial charge in [0.25, 0.3) is 0 Å². The normalized spacial score (nSPS) is 26.2. The van der Waals surface area contributed by atoms with Crippen molar-refractivity contribution in [3.63, 3.8) is 0 Å². The summed E-state index contributed by atoms with van der Waals surface area (Å²) in [4.78, 5) is 2.42. The molecule has 0 radical (unpaired) electrons. The van der Waals surface area contributed by atoms with Crippen LogP contribution in [0.1, 0.15) is 18.1 Å². The van der Waals surface area contributed by atoms with E-state index in [1.165, 1.54) is 0 Å². The van der Waals surface area contributed by atoms with Gasteiger partial charge in [-0.3, -0.25) is 4.90 Å². The van der Waals surface area contributed by atoms with Gasteiger partial charge in [-0.1, -0.05) is 19.1 Å². The van der Waals surface area contributed by atoms with Crippen LogP contribution in [-0.2, 0) is 13.0 Å². The van der Waals surface area contributed by atoms with Crippen molar-refractivity contribution < 1.29 is 4.39 Å². The summed E-state index contributed by atoms with van der Waals surface area (Å²) >= 11 is 0. The summed E-state index contributed by atoms with van der Waals surface area (Å²) in [6.45, 7) is 7.40. The van der Waals surface area contributed by atoms with Crippen LogP contribution in [0.15, 0.2) is 18.2 Å². The molecule has 1 aromatic rings. The van der Waals surface area contributed by atoms with Crippen molar-refractivity contribution >= 4 is 12.4 Å². The van der Waals surface area contributed by atoms with Crippen molar-refractivity contribution in [3.05, 3.63) is 35.1 Å². The molecule has 2 heterocycles. The van der Waals surface area contributed by atoms with Crippen LogP contribution in [0.3, 0.4) is 0 Å². The van der Waals surface area contributed by atoms with E-state index in [9.17, 15) is 4.39 Å². The molecule has 2 fully saturated rings. The molecule has 2 nitrogen and oxygen atoms in total. The van der Waals surface area contributed by atoms with E-state index in [1.807, 2.05) is 6.07 Å². The maximum Gasteiger partial charge on any atom is 0.127 e. The molecule has 1 aromatic carbocycles. The molecule has 0 saturated carbocycles. The fourth-order valence-corrected chi connectivity index (χ4v) is 3.42. The molecule has 2 atom stereocenters. The monoisotopic (exact) mass is 284 g/mol. The van der Waals surface area contributed by atoms with Gasteiger partial charge < -0.3 is 5.32 Å². The van der Waals surface area contributed by atoms with Gasteiger partial charge in [-0.05, 0) is 43.0 Å². The Balaban J connectivity index is 0.00000133. The molecule has 0 unspecified atom stereocenters. The second-order valence-electron chi connectivity index (χ2n) is 5.60. The lowest BCUT2D eigenvalue weighted by atomic mass is 10.0. The number of benzene rings is 1. The van der Waals surface area contributed by atoms with E-state index in [0.717, 1.165) is 62.1 Å². The number of hydrogen-bond donors (Lipinski definition) is 1. The number of rotatable bonds is 3. The molecule has 0 aliphatic carbocycles. The first-order chi connectivity index (χ1) is 8.78. The molecule has 2 aliphatic rings. The average Bonchev–Trinajstić information content (AvgIpc) is 2.92. The topological polar surface area (TPSA) is 15.3 Å². The maximum absolute atomic E-state index is 13.9. The number of fused-ring (bicyclic) bond motifs is 1. The number of halogens is 2. The predicted octanol–water partition coefficient (Wildman–Crippen LogP) is 2.46. The van der Waals surface area contributed by atoms with Crippen LogP contribution in [0, 0.1) is 17.7 Å². The highest BCUT2D eigenvalue weighted by atomic mass is 35.5. The van der Waals surface area contributed by atoms with Crippen molar-refractivity contribution in [2.24, 2.45) is 11.8 Å². The van der Waals surface area contributed by atoms with Crippen LogP contribution >= 0.6 is 12.4 Å². The molecule has 4 heteroatoms. The SMILES string of the molecule is CCc1cccc(F)c1CN1C[C@H]2CNC[C@H]2C1.Cl. The molecule has 0 spiro atoms. The third kappa shape index (κ3) is 2.93. The van der Waals surface area contributed by atoms with E-state index in [0.29, 0.717) is 0 Å². The summed E-state index contributed by atoms with van der Waals surface area (Å²) in [5.41, 5.74) is 2.07. The fraction of sp³-hybridized carbons (Fsp3) is 0.600. The Morgan fingerprint density at radius 2 is 1.95 bits per heavy atom. The van der Waals surface area contributed by atoms with E-state index < -0.39 is 0 Å². The summed E-state index contributed by atoms with van der Waals surface area (Å²) in [7, 11) is 0. The number of hydrogen-bond acceptors (Lipinski definition) is 2. The van der Waals surface area contributed by atoms with Crippen molar-refractivity contribution in [1.29, 1.82) is 0 Å². The largest absolute Gasteiger partial charge is 0.316 e. The number of likely N-dealkylation sites (tertiary alicyclic amines) is 1. The van der Waals surface area contributed by atoms with Gasteiger partial charge in [-0.25, -0.2) is 4.39 Å². The second kappa shape index (κ2) is 6.21. The van der Waals surface area contributed by atoms with E-state index in [2.05, 4.69) is 23.2 Å². The zero-order valence-corrected chi connectivity index (χ0v) is 12.2. The first-order valence-electron chi connectivity index (χ1n) is 6.97. The lowest BCUT2D eigenvalue weighted by Crippen LogP contribution is -2.26. The Bertz CT molecular complexity index is 426. The lowest BCUT2D eigenvalue weighted by molar-refractivity contribution is 0.300. The summed E-state index contributed by atoms with van der Waals surface area (Å²) in [6, 6.07) is 5.46. The van der Waals surface area contributed by atoms with Crippen LogP contribution in [0.2, 0.25) is 0 Å². The van der Waals surface area contributed by atoms with Gasteiger partial charge in [-0.2, -0.15) is 0 Å². The third-order valence-corrected chi connectivity index (χ3v) is 4.44. The molecule has 0 amide bonds. The predicted molar refractivity (Wildman–Crippen MR) is 78.2 cm³/mol. The Morgan fingerprint density at radius 1 is 1.26 bits per heavy atom. The van der Waals surface area contributed by atoms with Crippen LogP contribution in [-0.4, -0.2) is 31.1 Å². The van der Waals surface area contributed by atoms with Crippen molar-refractivity contribution in [2.45, 2.75) is 19.9 Å². The summed E-state index contributed by atoms with van der Waals surface area (Å²) in [5, 5.41) is 3.44. The van der Waals surface area contributed by atoms with Gasteiger partial charge >= 0.3 is 0 Å². The molecule has 19 heavy (non-hydrogen) atoms. The molecule has 3 rings (SSSR count).